The van der Waals surface area contributed by atoms with Crippen LogP contribution in [0.15, 0.2) is 158 Å². The summed E-state index contributed by atoms with van der Waals surface area (Å²) in [7, 11) is 0. The molecule has 0 saturated heterocycles. The van der Waals surface area contributed by atoms with Gasteiger partial charge >= 0.3 is 5.97 Å². The number of anilines is 1. The standard InChI is InChI=1S/C43H33ClN2O3/c44-33-24-25-39(38(27-33)42(47)46-40(43(48)49)26-28-20-22-30(23-21-28)29-10-2-1-3-11-29)45-41(36-18-8-14-31-12-4-6-16-34(31)36)37-19-9-15-32-13-5-7-17-35(32)37/h1-25,27,40-41,45H,26H2,(H,46,47)(H,48,49). The molecule has 49 heavy (non-hydrogen) atoms. The minimum Gasteiger partial charge on any atom is -0.480 e. The van der Waals surface area contributed by atoms with Gasteiger partial charge in [-0.3, -0.25) is 4.79 Å². The van der Waals surface area contributed by atoms with Gasteiger partial charge in [-0.2, -0.15) is 0 Å². The number of aliphatic carboxylic acids is 1. The Morgan fingerprint density at radius 2 is 1.16 bits per heavy atom. The lowest BCUT2D eigenvalue weighted by atomic mass is 9.90. The van der Waals surface area contributed by atoms with E-state index in [1.165, 1.54) is 0 Å². The number of halogens is 1. The summed E-state index contributed by atoms with van der Waals surface area (Å²) in [5.41, 5.74) is 5.76. The van der Waals surface area contributed by atoms with Gasteiger partial charge in [0, 0.05) is 17.1 Å². The Morgan fingerprint density at radius 3 is 1.78 bits per heavy atom. The maximum Gasteiger partial charge on any atom is 0.326 e. The molecule has 1 amide bonds. The van der Waals surface area contributed by atoms with Crippen LogP contribution in [0.4, 0.5) is 5.69 Å². The van der Waals surface area contributed by atoms with E-state index in [4.69, 9.17) is 11.6 Å². The SMILES string of the molecule is O=C(NC(Cc1ccc(-c2ccccc2)cc1)C(=O)O)c1cc(Cl)ccc1NC(c1cccc2ccccc12)c1cccc2ccccc12. The van der Waals surface area contributed by atoms with Crippen molar-refractivity contribution in [3.05, 3.63) is 185 Å². The number of hydrogen-bond donors (Lipinski definition) is 3. The first-order valence-corrected chi connectivity index (χ1v) is 16.5. The van der Waals surface area contributed by atoms with Crippen LogP contribution >= 0.6 is 11.6 Å². The molecule has 3 N–H and O–H groups in total. The number of fused-ring (bicyclic) bond motifs is 2. The Kier molecular flexibility index (Phi) is 9.09. The van der Waals surface area contributed by atoms with Gasteiger partial charge in [0.2, 0.25) is 0 Å². The van der Waals surface area contributed by atoms with E-state index in [0.29, 0.717) is 10.7 Å². The summed E-state index contributed by atoms with van der Waals surface area (Å²) >= 11 is 6.46. The van der Waals surface area contributed by atoms with Crippen LogP contribution in [0.2, 0.25) is 5.02 Å². The molecule has 0 spiro atoms. The Morgan fingerprint density at radius 1 is 0.612 bits per heavy atom. The van der Waals surface area contributed by atoms with Gasteiger partial charge < -0.3 is 15.7 Å². The van der Waals surface area contributed by atoms with Gasteiger partial charge in [0.1, 0.15) is 6.04 Å². The zero-order valence-corrected chi connectivity index (χ0v) is 27.3. The largest absolute Gasteiger partial charge is 0.480 e. The molecular formula is C43H33ClN2O3. The highest BCUT2D eigenvalue weighted by Gasteiger charge is 2.25. The monoisotopic (exact) mass is 660 g/mol. The lowest BCUT2D eigenvalue weighted by molar-refractivity contribution is -0.139. The first-order valence-electron chi connectivity index (χ1n) is 16.1. The summed E-state index contributed by atoms with van der Waals surface area (Å²) < 4.78 is 0. The van der Waals surface area contributed by atoms with Crippen LogP contribution in [0.3, 0.4) is 0 Å². The summed E-state index contributed by atoms with van der Waals surface area (Å²) in [4.78, 5) is 26.4. The van der Waals surface area contributed by atoms with Crippen molar-refractivity contribution in [1.82, 2.24) is 5.32 Å². The fourth-order valence-electron chi connectivity index (χ4n) is 6.45. The molecule has 7 rings (SSSR count). The molecule has 0 heterocycles. The van der Waals surface area contributed by atoms with Crippen molar-refractivity contribution in [3.8, 4) is 11.1 Å². The maximum absolute atomic E-state index is 14.0. The highest BCUT2D eigenvalue weighted by molar-refractivity contribution is 6.31. The van der Waals surface area contributed by atoms with Crippen LogP contribution in [-0.4, -0.2) is 23.0 Å². The van der Waals surface area contributed by atoms with Crippen molar-refractivity contribution in [3.63, 3.8) is 0 Å². The Balaban J connectivity index is 1.22. The smallest absolute Gasteiger partial charge is 0.326 e. The molecule has 0 saturated carbocycles. The zero-order chi connectivity index (χ0) is 33.7. The lowest BCUT2D eigenvalue weighted by Gasteiger charge is -2.26. The average Bonchev–Trinajstić information content (AvgIpc) is 3.14. The lowest BCUT2D eigenvalue weighted by Crippen LogP contribution is -2.42. The van der Waals surface area contributed by atoms with E-state index in [9.17, 15) is 14.7 Å². The zero-order valence-electron chi connectivity index (χ0n) is 26.5. The molecule has 0 bridgehead atoms. The first-order chi connectivity index (χ1) is 23.9. The number of amides is 1. The van der Waals surface area contributed by atoms with Crippen molar-refractivity contribution in [2.45, 2.75) is 18.5 Å². The number of carboxylic acids is 1. The number of carbonyl (C=O) groups is 2. The third kappa shape index (κ3) is 6.89. The maximum atomic E-state index is 14.0. The molecule has 1 atom stereocenters. The van der Waals surface area contributed by atoms with Gasteiger partial charge in [-0.1, -0.05) is 151 Å². The van der Waals surface area contributed by atoms with E-state index in [1.807, 2.05) is 91.0 Å². The van der Waals surface area contributed by atoms with Crippen LogP contribution < -0.4 is 10.6 Å². The van der Waals surface area contributed by atoms with Crippen molar-refractivity contribution >= 4 is 50.7 Å². The topological polar surface area (TPSA) is 78.4 Å². The summed E-state index contributed by atoms with van der Waals surface area (Å²) in [6.07, 6.45) is 0.119. The van der Waals surface area contributed by atoms with Gasteiger partial charge in [0.05, 0.1) is 11.6 Å². The van der Waals surface area contributed by atoms with Crippen LogP contribution in [0.1, 0.15) is 33.1 Å². The molecular weight excluding hydrogens is 628 g/mol. The first kappa shape index (κ1) is 31.7. The van der Waals surface area contributed by atoms with Gasteiger partial charge in [0.15, 0.2) is 0 Å². The number of benzene rings is 7. The normalized spacial score (nSPS) is 11.8. The van der Waals surface area contributed by atoms with Crippen LogP contribution in [-0.2, 0) is 11.2 Å². The number of hydrogen-bond acceptors (Lipinski definition) is 3. The average molecular weight is 661 g/mol. The molecule has 0 aliphatic rings. The quantitative estimate of drug-likeness (QED) is 0.136. The third-order valence-electron chi connectivity index (χ3n) is 8.90. The van der Waals surface area contributed by atoms with E-state index in [1.54, 1.807) is 18.2 Å². The van der Waals surface area contributed by atoms with Crippen LogP contribution in [0.25, 0.3) is 32.7 Å². The summed E-state index contributed by atoms with van der Waals surface area (Å²) in [5, 5.41) is 21.4. The Bertz CT molecular complexity index is 2200. The Labute approximate surface area is 289 Å². The molecule has 0 aliphatic heterocycles. The van der Waals surface area contributed by atoms with E-state index in [0.717, 1.165) is 49.4 Å². The van der Waals surface area contributed by atoms with Crippen molar-refractivity contribution in [2.75, 3.05) is 5.32 Å². The molecule has 7 aromatic rings. The van der Waals surface area contributed by atoms with Crippen molar-refractivity contribution in [1.29, 1.82) is 0 Å². The molecule has 0 fully saturated rings. The number of carboxylic acid groups (broad SMARTS) is 1. The second-order valence-corrected chi connectivity index (χ2v) is 12.5. The van der Waals surface area contributed by atoms with E-state index < -0.39 is 17.9 Å². The van der Waals surface area contributed by atoms with E-state index in [2.05, 4.69) is 59.2 Å². The van der Waals surface area contributed by atoms with Gasteiger partial charge in [0.25, 0.3) is 5.91 Å². The summed E-state index contributed by atoms with van der Waals surface area (Å²) in [5.74, 6) is -1.66. The summed E-state index contributed by atoms with van der Waals surface area (Å²) in [6.45, 7) is 0. The van der Waals surface area contributed by atoms with Crippen molar-refractivity contribution < 1.29 is 14.7 Å². The molecule has 6 heteroatoms. The number of rotatable bonds is 10. The molecule has 0 radical (unpaired) electrons. The van der Waals surface area contributed by atoms with Gasteiger partial charge in [-0.25, -0.2) is 4.79 Å². The fraction of sp³-hybridized carbons (Fsp3) is 0.0698. The highest BCUT2D eigenvalue weighted by Crippen LogP contribution is 2.37. The second-order valence-electron chi connectivity index (χ2n) is 12.0. The van der Waals surface area contributed by atoms with Crippen molar-refractivity contribution in [2.24, 2.45) is 0 Å². The molecule has 0 aliphatic carbocycles. The molecule has 1 unspecified atom stereocenters. The molecule has 240 valence electrons. The minimum absolute atomic E-state index is 0.119. The minimum atomic E-state index is -1.16. The molecule has 5 nitrogen and oxygen atoms in total. The second kappa shape index (κ2) is 14.1. The van der Waals surface area contributed by atoms with Gasteiger partial charge in [-0.15, -0.1) is 0 Å². The molecule has 7 aromatic carbocycles. The van der Waals surface area contributed by atoms with Crippen LogP contribution in [0, 0.1) is 0 Å². The van der Waals surface area contributed by atoms with Gasteiger partial charge in [-0.05, 0) is 67.6 Å². The summed E-state index contributed by atoms with van der Waals surface area (Å²) in [6, 6.07) is 50.2. The predicted molar refractivity (Wildman–Crippen MR) is 199 cm³/mol. The number of nitrogens with one attached hydrogen (secondary N) is 2. The van der Waals surface area contributed by atoms with E-state index >= 15 is 0 Å². The third-order valence-corrected chi connectivity index (χ3v) is 9.13. The molecule has 0 aromatic heterocycles. The fourth-order valence-corrected chi connectivity index (χ4v) is 6.62. The predicted octanol–water partition coefficient (Wildman–Crippen LogP) is 9.94. The van der Waals surface area contributed by atoms with E-state index in [-0.39, 0.29) is 18.0 Å². The van der Waals surface area contributed by atoms with Crippen LogP contribution in [0.5, 0.6) is 0 Å². The Hall–Kier alpha value is -5.91. The number of carbonyl (C=O) groups excluding carboxylic acids is 1. The highest BCUT2D eigenvalue weighted by atomic mass is 35.5.